The van der Waals surface area contributed by atoms with Crippen LogP contribution in [0, 0.1) is 6.92 Å². The molecule has 1 amide bonds. The van der Waals surface area contributed by atoms with Crippen molar-refractivity contribution in [1.29, 1.82) is 0 Å². The molecule has 3 aromatic rings. The van der Waals surface area contributed by atoms with E-state index in [2.05, 4.69) is 15.4 Å². The van der Waals surface area contributed by atoms with Gasteiger partial charge in [0, 0.05) is 12.3 Å². The molecule has 0 saturated carbocycles. The van der Waals surface area contributed by atoms with Crippen LogP contribution in [0.3, 0.4) is 0 Å². The van der Waals surface area contributed by atoms with E-state index in [0.717, 1.165) is 11.5 Å². The highest BCUT2D eigenvalue weighted by Gasteiger charge is 2.15. The summed E-state index contributed by atoms with van der Waals surface area (Å²) in [5, 5.41) is 7.05. The highest BCUT2D eigenvalue weighted by atomic mass is 16.5. The van der Waals surface area contributed by atoms with Gasteiger partial charge >= 0.3 is 0 Å². The highest BCUT2D eigenvalue weighted by molar-refractivity contribution is 6.05. The first-order valence-electron chi connectivity index (χ1n) is 7.63. The first-order chi connectivity index (χ1) is 11.7. The fourth-order valence-electron chi connectivity index (χ4n) is 2.28. The van der Waals surface area contributed by atoms with Crippen molar-refractivity contribution in [1.82, 2.24) is 14.8 Å². The number of nitrogens with zero attached hydrogens (tertiary/aromatic N) is 3. The Labute approximate surface area is 139 Å². The molecule has 0 fully saturated rings. The maximum atomic E-state index is 12.5. The van der Waals surface area contributed by atoms with Crippen LogP contribution in [0.5, 0.6) is 5.88 Å². The van der Waals surface area contributed by atoms with Crippen LogP contribution in [-0.2, 0) is 6.54 Å². The summed E-state index contributed by atoms with van der Waals surface area (Å²) >= 11 is 0. The number of amides is 1. The third-order valence-corrected chi connectivity index (χ3v) is 3.36. The molecule has 0 spiro atoms. The molecule has 7 nitrogen and oxygen atoms in total. The van der Waals surface area contributed by atoms with E-state index < -0.39 is 0 Å². The lowest BCUT2D eigenvalue weighted by Crippen LogP contribution is -2.17. The van der Waals surface area contributed by atoms with Gasteiger partial charge in [-0.1, -0.05) is 0 Å². The fraction of sp³-hybridized carbons (Fsp3) is 0.235. The molecule has 0 aliphatic carbocycles. The van der Waals surface area contributed by atoms with Crippen LogP contribution in [0.25, 0.3) is 0 Å². The van der Waals surface area contributed by atoms with E-state index in [0.29, 0.717) is 30.4 Å². The lowest BCUT2D eigenvalue weighted by Gasteiger charge is -2.10. The van der Waals surface area contributed by atoms with E-state index in [1.54, 1.807) is 35.3 Å². The molecular weight excluding hydrogens is 308 g/mol. The lowest BCUT2D eigenvalue weighted by molar-refractivity contribution is 0.102. The monoisotopic (exact) mass is 326 g/mol. The number of hydrogen-bond acceptors (Lipinski definition) is 5. The topological polar surface area (TPSA) is 82.2 Å². The van der Waals surface area contributed by atoms with E-state index >= 15 is 0 Å². The SMILES string of the molecule is CCOc1ncccc1C(=O)Nc1ccnn1Cc1ccc(C)o1. The molecule has 24 heavy (non-hydrogen) atoms. The minimum absolute atomic E-state index is 0.302. The standard InChI is InChI=1S/C17H18N4O3/c1-3-23-17-14(5-4-9-18-17)16(22)20-15-8-10-19-21(15)11-13-7-6-12(2)24-13/h4-10H,3,11H2,1-2H3,(H,20,22). The van der Waals surface area contributed by atoms with Gasteiger partial charge in [-0.2, -0.15) is 5.10 Å². The second-order valence-electron chi connectivity index (χ2n) is 5.13. The van der Waals surface area contributed by atoms with Crippen molar-refractivity contribution < 1.29 is 13.9 Å². The van der Waals surface area contributed by atoms with Crippen LogP contribution >= 0.6 is 0 Å². The second kappa shape index (κ2) is 6.99. The van der Waals surface area contributed by atoms with Gasteiger partial charge in [0.15, 0.2) is 0 Å². The molecule has 0 bridgehead atoms. The first kappa shape index (κ1) is 15.8. The first-order valence-corrected chi connectivity index (χ1v) is 7.63. The Hall–Kier alpha value is -3.09. The van der Waals surface area contributed by atoms with Gasteiger partial charge in [-0.25, -0.2) is 9.67 Å². The van der Waals surface area contributed by atoms with Crippen LogP contribution in [-0.4, -0.2) is 27.3 Å². The lowest BCUT2D eigenvalue weighted by atomic mass is 10.2. The van der Waals surface area contributed by atoms with E-state index in [1.807, 2.05) is 26.0 Å². The number of anilines is 1. The normalized spacial score (nSPS) is 10.6. The molecule has 0 unspecified atom stereocenters. The molecule has 0 atom stereocenters. The smallest absolute Gasteiger partial charge is 0.262 e. The Morgan fingerprint density at radius 3 is 2.92 bits per heavy atom. The quantitative estimate of drug-likeness (QED) is 0.753. The van der Waals surface area contributed by atoms with Crippen molar-refractivity contribution in [2.45, 2.75) is 20.4 Å². The molecule has 3 heterocycles. The average Bonchev–Trinajstić information content (AvgIpc) is 3.18. The molecule has 0 saturated heterocycles. The Morgan fingerprint density at radius 1 is 1.29 bits per heavy atom. The van der Waals surface area contributed by atoms with E-state index in [4.69, 9.17) is 9.15 Å². The van der Waals surface area contributed by atoms with Crippen molar-refractivity contribution in [2.75, 3.05) is 11.9 Å². The number of pyridine rings is 1. The van der Waals surface area contributed by atoms with Crippen LogP contribution in [0.4, 0.5) is 5.82 Å². The van der Waals surface area contributed by atoms with E-state index in [-0.39, 0.29) is 5.91 Å². The Morgan fingerprint density at radius 2 is 2.17 bits per heavy atom. The van der Waals surface area contributed by atoms with Crippen LogP contribution in [0.1, 0.15) is 28.8 Å². The highest BCUT2D eigenvalue weighted by Crippen LogP contribution is 2.18. The summed E-state index contributed by atoms with van der Waals surface area (Å²) in [6.07, 6.45) is 3.21. The summed E-state index contributed by atoms with van der Waals surface area (Å²) in [7, 11) is 0. The zero-order valence-electron chi connectivity index (χ0n) is 13.5. The van der Waals surface area contributed by atoms with Crippen molar-refractivity contribution in [3.05, 3.63) is 59.8 Å². The predicted octanol–water partition coefficient (Wildman–Crippen LogP) is 2.88. The van der Waals surface area contributed by atoms with Crippen molar-refractivity contribution in [3.63, 3.8) is 0 Å². The van der Waals surface area contributed by atoms with Gasteiger partial charge in [0.1, 0.15) is 29.4 Å². The number of nitrogens with one attached hydrogen (secondary N) is 1. The number of carbonyl (C=O) groups is 1. The average molecular weight is 326 g/mol. The van der Waals surface area contributed by atoms with Crippen molar-refractivity contribution >= 4 is 11.7 Å². The van der Waals surface area contributed by atoms with Crippen LogP contribution in [0.2, 0.25) is 0 Å². The summed E-state index contributed by atoms with van der Waals surface area (Å²) < 4.78 is 12.6. The van der Waals surface area contributed by atoms with Crippen molar-refractivity contribution in [3.8, 4) is 5.88 Å². The van der Waals surface area contributed by atoms with Gasteiger partial charge < -0.3 is 14.5 Å². The molecular formula is C17H18N4O3. The number of hydrogen-bond donors (Lipinski definition) is 1. The summed E-state index contributed by atoms with van der Waals surface area (Å²) in [6.45, 7) is 4.60. The van der Waals surface area contributed by atoms with Gasteiger partial charge in [-0.15, -0.1) is 0 Å². The van der Waals surface area contributed by atoms with Gasteiger partial charge in [0.2, 0.25) is 5.88 Å². The predicted molar refractivity (Wildman–Crippen MR) is 88.1 cm³/mol. The number of aryl methyl sites for hydroxylation is 1. The largest absolute Gasteiger partial charge is 0.477 e. The number of carbonyl (C=O) groups excluding carboxylic acids is 1. The maximum Gasteiger partial charge on any atom is 0.262 e. The molecule has 0 aromatic carbocycles. The van der Waals surface area contributed by atoms with E-state index in [1.165, 1.54) is 0 Å². The third-order valence-electron chi connectivity index (χ3n) is 3.36. The van der Waals surface area contributed by atoms with Crippen LogP contribution < -0.4 is 10.1 Å². The van der Waals surface area contributed by atoms with E-state index in [9.17, 15) is 4.79 Å². The number of ether oxygens (including phenoxy) is 1. The minimum Gasteiger partial charge on any atom is -0.477 e. The van der Waals surface area contributed by atoms with Crippen LogP contribution in [0.15, 0.2) is 47.1 Å². The van der Waals surface area contributed by atoms with Crippen molar-refractivity contribution in [2.24, 2.45) is 0 Å². The molecule has 3 aromatic heterocycles. The Bertz CT molecular complexity index is 838. The summed E-state index contributed by atoms with van der Waals surface area (Å²) in [5.74, 6) is 2.18. The Kier molecular flexibility index (Phi) is 4.60. The van der Waals surface area contributed by atoms with Gasteiger partial charge in [-0.3, -0.25) is 4.79 Å². The zero-order valence-corrected chi connectivity index (χ0v) is 13.5. The van der Waals surface area contributed by atoms with Gasteiger partial charge in [0.25, 0.3) is 5.91 Å². The number of rotatable bonds is 6. The zero-order chi connectivity index (χ0) is 16.9. The summed E-state index contributed by atoms with van der Waals surface area (Å²) in [5.41, 5.74) is 0.376. The molecule has 0 radical (unpaired) electrons. The summed E-state index contributed by atoms with van der Waals surface area (Å²) in [6, 6.07) is 8.87. The number of aromatic nitrogens is 3. The second-order valence-corrected chi connectivity index (χ2v) is 5.13. The minimum atomic E-state index is -0.302. The fourth-order valence-corrected chi connectivity index (χ4v) is 2.28. The molecule has 0 aliphatic rings. The maximum absolute atomic E-state index is 12.5. The molecule has 124 valence electrons. The molecule has 7 heteroatoms. The Balaban J connectivity index is 1.77. The van der Waals surface area contributed by atoms with Gasteiger partial charge in [0.05, 0.1) is 12.8 Å². The summed E-state index contributed by atoms with van der Waals surface area (Å²) in [4.78, 5) is 16.6. The molecule has 0 aliphatic heterocycles. The van der Waals surface area contributed by atoms with Gasteiger partial charge in [-0.05, 0) is 38.1 Å². The third kappa shape index (κ3) is 3.45. The number of furan rings is 1. The molecule has 1 N–H and O–H groups in total. The molecule has 3 rings (SSSR count).